The first-order valence-corrected chi connectivity index (χ1v) is 6.21. The molecular formula is C14H19F3O2. The third-order valence-corrected chi connectivity index (χ3v) is 2.80. The van der Waals surface area contributed by atoms with Gasteiger partial charge in [0.15, 0.2) is 0 Å². The second-order valence-corrected chi connectivity index (χ2v) is 4.70. The molecular weight excluding hydrogens is 257 g/mol. The van der Waals surface area contributed by atoms with Crippen LogP contribution >= 0.6 is 0 Å². The molecule has 0 radical (unpaired) electrons. The number of benzene rings is 1. The molecule has 0 spiro atoms. The Morgan fingerprint density at radius 1 is 1.32 bits per heavy atom. The van der Waals surface area contributed by atoms with E-state index in [1.807, 2.05) is 31.2 Å². The molecule has 0 aliphatic rings. The van der Waals surface area contributed by atoms with Crippen LogP contribution in [0.3, 0.4) is 0 Å². The van der Waals surface area contributed by atoms with Gasteiger partial charge in [-0.05, 0) is 31.2 Å². The standard InChI is InChI=1S/C14H19F3O2/c1-11-3-2-4-12(7-11)8-13(9-18)5-6-19-10-14(15,16)17/h2-4,7,13,18H,5-6,8-10H2,1H3. The summed E-state index contributed by atoms with van der Waals surface area (Å²) in [5.41, 5.74) is 2.21. The van der Waals surface area contributed by atoms with E-state index in [1.165, 1.54) is 0 Å². The maximum absolute atomic E-state index is 11.9. The van der Waals surface area contributed by atoms with Crippen LogP contribution in [0.4, 0.5) is 13.2 Å². The number of aryl methyl sites for hydroxylation is 1. The maximum atomic E-state index is 11.9. The molecule has 1 aromatic carbocycles. The Bertz CT molecular complexity index is 377. The van der Waals surface area contributed by atoms with Crippen molar-refractivity contribution in [3.05, 3.63) is 35.4 Å². The summed E-state index contributed by atoms with van der Waals surface area (Å²) in [6.07, 6.45) is -3.22. The van der Waals surface area contributed by atoms with Crippen molar-refractivity contribution < 1.29 is 23.0 Å². The van der Waals surface area contributed by atoms with Crippen LogP contribution in [0.25, 0.3) is 0 Å². The van der Waals surface area contributed by atoms with Crippen LogP contribution in [0.1, 0.15) is 17.5 Å². The SMILES string of the molecule is Cc1cccc(CC(CO)CCOCC(F)(F)F)c1. The molecule has 0 aliphatic heterocycles. The topological polar surface area (TPSA) is 29.5 Å². The predicted octanol–water partition coefficient (Wildman–Crippen LogP) is 3.12. The first kappa shape index (κ1) is 16.0. The lowest BCUT2D eigenvalue weighted by Crippen LogP contribution is -2.19. The van der Waals surface area contributed by atoms with E-state index >= 15 is 0 Å². The molecule has 0 heterocycles. The largest absolute Gasteiger partial charge is 0.411 e. The van der Waals surface area contributed by atoms with E-state index in [4.69, 9.17) is 0 Å². The fraction of sp³-hybridized carbons (Fsp3) is 0.571. The zero-order valence-corrected chi connectivity index (χ0v) is 10.9. The Hall–Kier alpha value is -1.07. The van der Waals surface area contributed by atoms with Gasteiger partial charge in [0.2, 0.25) is 0 Å². The molecule has 0 amide bonds. The number of hydrogen-bond acceptors (Lipinski definition) is 2. The van der Waals surface area contributed by atoms with E-state index in [9.17, 15) is 18.3 Å². The van der Waals surface area contributed by atoms with E-state index in [0.29, 0.717) is 12.8 Å². The summed E-state index contributed by atoms with van der Waals surface area (Å²) >= 11 is 0. The Morgan fingerprint density at radius 3 is 2.63 bits per heavy atom. The van der Waals surface area contributed by atoms with Crippen molar-refractivity contribution in [3.63, 3.8) is 0 Å². The zero-order chi connectivity index (χ0) is 14.3. The number of aliphatic hydroxyl groups excluding tert-OH is 1. The molecule has 1 atom stereocenters. The van der Waals surface area contributed by atoms with Gasteiger partial charge in [-0.15, -0.1) is 0 Å². The highest BCUT2D eigenvalue weighted by molar-refractivity contribution is 5.22. The van der Waals surface area contributed by atoms with Crippen LogP contribution in [-0.2, 0) is 11.2 Å². The summed E-state index contributed by atoms with van der Waals surface area (Å²) < 4.78 is 40.2. The van der Waals surface area contributed by atoms with Crippen LogP contribution in [0.5, 0.6) is 0 Å². The third kappa shape index (κ3) is 7.18. The Labute approximate surface area is 111 Å². The molecule has 1 aromatic rings. The molecule has 0 bridgehead atoms. The minimum atomic E-state index is -4.29. The molecule has 5 heteroatoms. The Balaban J connectivity index is 2.34. The maximum Gasteiger partial charge on any atom is 0.411 e. The van der Waals surface area contributed by atoms with Gasteiger partial charge in [0.1, 0.15) is 6.61 Å². The Kier molecular flexibility index (Phi) is 6.31. The van der Waals surface area contributed by atoms with Crippen LogP contribution in [0.15, 0.2) is 24.3 Å². The van der Waals surface area contributed by atoms with Gasteiger partial charge in [-0.1, -0.05) is 29.8 Å². The van der Waals surface area contributed by atoms with Crippen LogP contribution < -0.4 is 0 Å². The lowest BCUT2D eigenvalue weighted by Gasteiger charge is -2.15. The summed E-state index contributed by atoms with van der Waals surface area (Å²) in [6, 6.07) is 7.87. The molecule has 0 aromatic heterocycles. The molecule has 2 nitrogen and oxygen atoms in total. The van der Waals surface area contributed by atoms with Gasteiger partial charge in [0.05, 0.1) is 0 Å². The van der Waals surface area contributed by atoms with Gasteiger partial charge in [-0.25, -0.2) is 0 Å². The number of halogens is 3. The van der Waals surface area contributed by atoms with Crippen LogP contribution in [0, 0.1) is 12.8 Å². The minimum Gasteiger partial charge on any atom is -0.396 e. The summed E-state index contributed by atoms with van der Waals surface area (Å²) in [6.45, 7) is 0.708. The van der Waals surface area contributed by atoms with Gasteiger partial charge in [-0.2, -0.15) is 13.2 Å². The molecule has 0 fully saturated rings. The normalized spacial score (nSPS) is 13.5. The second-order valence-electron chi connectivity index (χ2n) is 4.70. The molecule has 1 rings (SSSR count). The zero-order valence-electron chi connectivity index (χ0n) is 10.9. The summed E-state index contributed by atoms with van der Waals surface area (Å²) in [5, 5.41) is 9.24. The van der Waals surface area contributed by atoms with E-state index in [1.54, 1.807) is 0 Å². The number of aliphatic hydroxyl groups is 1. The van der Waals surface area contributed by atoms with Crippen molar-refractivity contribution in [2.24, 2.45) is 5.92 Å². The lowest BCUT2D eigenvalue weighted by molar-refractivity contribution is -0.174. The second kappa shape index (κ2) is 7.50. The quantitative estimate of drug-likeness (QED) is 0.775. The van der Waals surface area contributed by atoms with Crippen molar-refractivity contribution in [3.8, 4) is 0 Å². The van der Waals surface area contributed by atoms with Gasteiger partial charge in [0.25, 0.3) is 0 Å². The van der Waals surface area contributed by atoms with Gasteiger partial charge in [0, 0.05) is 13.2 Å². The van der Waals surface area contributed by atoms with E-state index < -0.39 is 12.8 Å². The summed E-state index contributed by atoms with van der Waals surface area (Å²) in [5.74, 6) is -0.0740. The van der Waals surface area contributed by atoms with Crippen molar-refractivity contribution in [2.45, 2.75) is 25.9 Å². The number of ether oxygens (including phenoxy) is 1. The molecule has 0 saturated carbocycles. The fourth-order valence-electron chi connectivity index (χ4n) is 1.87. The van der Waals surface area contributed by atoms with Crippen molar-refractivity contribution in [2.75, 3.05) is 19.8 Å². The highest BCUT2D eigenvalue weighted by atomic mass is 19.4. The molecule has 0 saturated heterocycles. The number of rotatable bonds is 7. The number of alkyl halides is 3. The first-order valence-electron chi connectivity index (χ1n) is 6.21. The van der Waals surface area contributed by atoms with E-state index in [-0.39, 0.29) is 19.1 Å². The van der Waals surface area contributed by atoms with Crippen molar-refractivity contribution in [1.29, 1.82) is 0 Å². The molecule has 1 unspecified atom stereocenters. The van der Waals surface area contributed by atoms with Gasteiger partial charge in [-0.3, -0.25) is 0 Å². The minimum absolute atomic E-state index is 0.0105. The predicted molar refractivity (Wildman–Crippen MR) is 66.9 cm³/mol. The van der Waals surface area contributed by atoms with Crippen molar-refractivity contribution in [1.82, 2.24) is 0 Å². The summed E-state index contributed by atoms with van der Waals surface area (Å²) in [7, 11) is 0. The molecule has 1 N–H and O–H groups in total. The van der Waals surface area contributed by atoms with Gasteiger partial charge < -0.3 is 9.84 Å². The Morgan fingerprint density at radius 2 is 2.05 bits per heavy atom. The third-order valence-electron chi connectivity index (χ3n) is 2.80. The highest BCUT2D eigenvalue weighted by Gasteiger charge is 2.27. The van der Waals surface area contributed by atoms with Crippen molar-refractivity contribution >= 4 is 0 Å². The van der Waals surface area contributed by atoms with Crippen LogP contribution in [0.2, 0.25) is 0 Å². The lowest BCUT2D eigenvalue weighted by atomic mass is 9.96. The fourth-order valence-corrected chi connectivity index (χ4v) is 1.87. The smallest absolute Gasteiger partial charge is 0.396 e. The van der Waals surface area contributed by atoms with E-state index in [2.05, 4.69) is 4.74 Å². The number of hydrogen-bond donors (Lipinski definition) is 1. The molecule has 19 heavy (non-hydrogen) atoms. The summed E-state index contributed by atoms with van der Waals surface area (Å²) in [4.78, 5) is 0. The molecule has 0 aliphatic carbocycles. The van der Waals surface area contributed by atoms with Crippen LogP contribution in [-0.4, -0.2) is 31.1 Å². The highest BCUT2D eigenvalue weighted by Crippen LogP contribution is 2.16. The van der Waals surface area contributed by atoms with Gasteiger partial charge >= 0.3 is 6.18 Å². The first-order chi connectivity index (χ1) is 8.90. The monoisotopic (exact) mass is 276 g/mol. The van der Waals surface area contributed by atoms with E-state index in [0.717, 1.165) is 11.1 Å². The molecule has 108 valence electrons. The average molecular weight is 276 g/mol. The average Bonchev–Trinajstić information content (AvgIpc) is 2.32.